The molecule has 1 aromatic rings. The zero-order chi connectivity index (χ0) is 12.6. The molecule has 1 heterocycles. The molecule has 1 aromatic carbocycles. The third-order valence-corrected chi connectivity index (χ3v) is 5.88. The Bertz CT molecular complexity index is 401. The van der Waals surface area contributed by atoms with Gasteiger partial charge in [-0.05, 0) is 43.2 Å². The van der Waals surface area contributed by atoms with Crippen LogP contribution in [0.2, 0.25) is 0 Å². The molecule has 0 bridgehead atoms. The van der Waals surface area contributed by atoms with Gasteiger partial charge in [0.05, 0.1) is 0 Å². The van der Waals surface area contributed by atoms with Crippen molar-refractivity contribution >= 4 is 11.8 Å². The first kappa shape index (κ1) is 12.5. The minimum atomic E-state index is 0.166. The average molecular weight is 262 g/mol. The predicted molar refractivity (Wildman–Crippen MR) is 79.1 cm³/mol. The summed E-state index contributed by atoms with van der Waals surface area (Å²) < 4.78 is 0. The second kappa shape index (κ2) is 4.87. The van der Waals surface area contributed by atoms with Crippen LogP contribution in [0.5, 0.6) is 0 Å². The summed E-state index contributed by atoms with van der Waals surface area (Å²) in [5.41, 5.74) is 9.34. The van der Waals surface area contributed by atoms with Crippen LogP contribution in [0, 0.1) is 0 Å². The van der Waals surface area contributed by atoms with Crippen molar-refractivity contribution in [3.05, 3.63) is 35.4 Å². The van der Waals surface area contributed by atoms with Crippen molar-refractivity contribution in [2.24, 2.45) is 5.73 Å². The van der Waals surface area contributed by atoms with Gasteiger partial charge in [0.1, 0.15) is 0 Å². The molecule has 0 radical (unpaired) electrons. The molecular weight excluding hydrogens is 240 g/mol. The van der Waals surface area contributed by atoms with E-state index in [-0.39, 0.29) is 5.54 Å². The van der Waals surface area contributed by atoms with Crippen molar-refractivity contribution in [3.63, 3.8) is 0 Å². The Kier molecular flexibility index (Phi) is 3.39. The summed E-state index contributed by atoms with van der Waals surface area (Å²) in [5, 5.41) is 0. The Morgan fingerprint density at radius 2 is 2.00 bits per heavy atom. The summed E-state index contributed by atoms with van der Waals surface area (Å²) in [7, 11) is 2.29. The van der Waals surface area contributed by atoms with Gasteiger partial charge in [0.15, 0.2) is 0 Å². The van der Waals surface area contributed by atoms with Crippen molar-refractivity contribution in [1.82, 2.24) is 4.90 Å². The Labute approximate surface area is 114 Å². The lowest BCUT2D eigenvalue weighted by Crippen LogP contribution is -2.56. The van der Waals surface area contributed by atoms with Crippen LogP contribution in [0.4, 0.5) is 0 Å². The van der Waals surface area contributed by atoms with Gasteiger partial charge in [0.25, 0.3) is 0 Å². The predicted octanol–water partition coefficient (Wildman–Crippen LogP) is 1.92. The average Bonchev–Trinajstić information content (AvgIpc) is 3.05. The lowest BCUT2D eigenvalue weighted by atomic mass is 9.92. The lowest BCUT2D eigenvalue weighted by molar-refractivity contribution is 0.0959. The van der Waals surface area contributed by atoms with Gasteiger partial charge in [-0.2, -0.15) is 11.8 Å². The van der Waals surface area contributed by atoms with E-state index in [9.17, 15) is 0 Å². The molecule has 2 aliphatic rings. The van der Waals surface area contributed by atoms with Crippen LogP contribution in [0.3, 0.4) is 0 Å². The molecule has 2 nitrogen and oxygen atoms in total. The smallest absolute Gasteiger partial charge is 0.0412 e. The molecule has 18 heavy (non-hydrogen) atoms. The maximum atomic E-state index is 6.17. The quantitative estimate of drug-likeness (QED) is 0.902. The van der Waals surface area contributed by atoms with E-state index in [1.807, 2.05) is 0 Å². The van der Waals surface area contributed by atoms with E-state index in [1.165, 1.54) is 29.1 Å². The molecule has 0 amide bonds. The van der Waals surface area contributed by atoms with E-state index in [4.69, 9.17) is 5.73 Å². The number of nitrogens with two attached hydrogens (primary N) is 1. The summed E-state index contributed by atoms with van der Waals surface area (Å²) >= 11 is 2.08. The molecule has 1 aliphatic carbocycles. The van der Waals surface area contributed by atoms with E-state index < -0.39 is 0 Å². The van der Waals surface area contributed by atoms with Gasteiger partial charge < -0.3 is 5.73 Å². The number of benzene rings is 1. The van der Waals surface area contributed by atoms with Crippen LogP contribution >= 0.6 is 11.8 Å². The Hall–Kier alpha value is -0.510. The monoisotopic (exact) mass is 262 g/mol. The normalized spacial score (nSPS) is 25.6. The molecule has 3 rings (SSSR count). The summed E-state index contributed by atoms with van der Waals surface area (Å²) in [4.78, 5) is 2.59. The largest absolute Gasteiger partial charge is 0.329 e. The number of hydrogen-bond acceptors (Lipinski definition) is 3. The maximum Gasteiger partial charge on any atom is 0.0412 e. The Balaban J connectivity index is 1.84. The van der Waals surface area contributed by atoms with Crippen LogP contribution in [-0.2, 0) is 12.8 Å². The van der Waals surface area contributed by atoms with Crippen LogP contribution in [-0.4, -0.2) is 41.6 Å². The summed E-state index contributed by atoms with van der Waals surface area (Å²) in [6.07, 6.45) is 3.56. The van der Waals surface area contributed by atoms with Crippen molar-refractivity contribution < 1.29 is 0 Å². The van der Waals surface area contributed by atoms with Crippen molar-refractivity contribution in [3.8, 4) is 0 Å². The summed E-state index contributed by atoms with van der Waals surface area (Å²) in [6.45, 7) is 0.763. The first-order valence-corrected chi connectivity index (χ1v) is 7.98. The minimum Gasteiger partial charge on any atom is -0.329 e. The highest BCUT2D eigenvalue weighted by Crippen LogP contribution is 2.36. The molecule has 0 saturated carbocycles. The number of likely N-dealkylation sites (N-methyl/N-ethyl adjacent to an activating group) is 1. The number of hydrogen-bond donors (Lipinski definition) is 1. The fraction of sp³-hybridized carbons (Fsp3) is 0.600. The number of thioether (sulfide) groups is 1. The zero-order valence-corrected chi connectivity index (χ0v) is 11.9. The SMILES string of the molecule is CN(C1CCSC1)C1(CN)Cc2ccccc2C1. The first-order chi connectivity index (χ1) is 8.75. The number of fused-ring (bicyclic) bond motifs is 1. The van der Waals surface area contributed by atoms with Crippen LogP contribution < -0.4 is 5.73 Å². The Morgan fingerprint density at radius 3 is 2.50 bits per heavy atom. The highest BCUT2D eigenvalue weighted by Gasteiger charge is 2.42. The van der Waals surface area contributed by atoms with E-state index in [0.29, 0.717) is 6.04 Å². The van der Waals surface area contributed by atoms with Gasteiger partial charge in [0, 0.05) is 23.9 Å². The molecule has 1 aliphatic heterocycles. The van der Waals surface area contributed by atoms with Gasteiger partial charge >= 0.3 is 0 Å². The van der Waals surface area contributed by atoms with E-state index >= 15 is 0 Å². The van der Waals surface area contributed by atoms with E-state index in [1.54, 1.807) is 0 Å². The van der Waals surface area contributed by atoms with Gasteiger partial charge in [-0.1, -0.05) is 24.3 Å². The number of rotatable bonds is 3. The fourth-order valence-electron chi connectivity index (χ4n) is 3.43. The topological polar surface area (TPSA) is 29.3 Å². The lowest BCUT2D eigenvalue weighted by Gasteiger charge is -2.41. The summed E-state index contributed by atoms with van der Waals surface area (Å²) in [5.74, 6) is 2.58. The van der Waals surface area contributed by atoms with Gasteiger partial charge in [-0.25, -0.2) is 0 Å². The molecule has 2 N–H and O–H groups in total. The van der Waals surface area contributed by atoms with Crippen molar-refractivity contribution in [2.75, 3.05) is 25.1 Å². The van der Waals surface area contributed by atoms with Crippen LogP contribution in [0.1, 0.15) is 17.5 Å². The molecule has 1 unspecified atom stereocenters. The molecule has 0 aromatic heterocycles. The molecule has 1 fully saturated rings. The second-order valence-corrected chi connectivity index (χ2v) is 6.83. The maximum absolute atomic E-state index is 6.17. The van der Waals surface area contributed by atoms with E-state index in [2.05, 4.69) is 48.0 Å². The van der Waals surface area contributed by atoms with Crippen molar-refractivity contribution in [1.29, 1.82) is 0 Å². The molecule has 0 spiro atoms. The zero-order valence-electron chi connectivity index (χ0n) is 11.1. The third-order valence-electron chi connectivity index (χ3n) is 4.74. The minimum absolute atomic E-state index is 0.166. The third kappa shape index (κ3) is 1.98. The second-order valence-electron chi connectivity index (χ2n) is 5.68. The van der Waals surface area contributed by atoms with E-state index in [0.717, 1.165) is 19.4 Å². The van der Waals surface area contributed by atoms with Crippen molar-refractivity contribution in [2.45, 2.75) is 30.8 Å². The highest BCUT2D eigenvalue weighted by molar-refractivity contribution is 7.99. The molecule has 3 heteroatoms. The highest BCUT2D eigenvalue weighted by atomic mass is 32.2. The van der Waals surface area contributed by atoms with Crippen LogP contribution in [0.25, 0.3) is 0 Å². The fourth-order valence-corrected chi connectivity index (χ4v) is 4.69. The van der Waals surface area contributed by atoms with Gasteiger partial charge in [0.2, 0.25) is 0 Å². The standard InChI is InChI=1S/C15H22N2S/c1-17(14-6-7-18-10-14)15(11-16)8-12-4-2-3-5-13(12)9-15/h2-5,14H,6-11,16H2,1H3. The first-order valence-electron chi connectivity index (χ1n) is 6.83. The Morgan fingerprint density at radius 1 is 1.33 bits per heavy atom. The molecular formula is C15H22N2S. The molecule has 98 valence electrons. The summed E-state index contributed by atoms with van der Waals surface area (Å²) in [6, 6.07) is 9.55. The van der Waals surface area contributed by atoms with Crippen LogP contribution in [0.15, 0.2) is 24.3 Å². The van der Waals surface area contributed by atoms with Gasteiger partial charge in [-0.15, -0.1) is 0 Å². The number of nitrogens with zero attached hydrogens (tertiary/aromatic N) is 1. The molecule has 1 atom stereocenters. The van der Waals surface area contributed by atoms with Gasteiger partial charge in [-0.3, -0.25) is 4.90 Å². The molecule has 1 saturated heterocycles.